The second-order valence-electron chi connectivity index (χ2n) is 6.16. The molecular formula is C12H23BF3KN2O2. The summed E-state index contributed by atoms with van der Waals surface area (Å²) < 4.78 is 41.6. The van der Waals surface area contributed by atoms with Crippen molar-refractivity contribution in [3.8, 4) is 0 Å². The van der Waals surface area contributed by atoms with Gasteiger partial charge in [-0.05, 0) is 27.3 Å². The van der Waals surface area contributed by atoms with Crippen molar-refractivity contribution in [2.24, 2.45) is 0 Å². The average Bonchev–Trinajstić information content (AvgIpc) is 2.25. The summed E-state index contributed by atoms with van der Waals surface area (Å²) in [7, 11) is 0. The molecule has 0 bridgehead atoms. The van der Waals surface area contributed by atoms with Gasteiger partial charge in [-0.1, -0.05) is 12.7 Å². The number of rotatable bonds is 4. The number of halogens is 3. The fraction of sp³-hybridized carbons (Fsp3) is 0.917. The molecular weight excluding hydrogens is 311 g/mol. The van der Waals surface area contributed by atoms with Crippen molar-refractivity contribution in [1.82, 2.24) is 9.80 Å². The molecule has 0 saturated carbocycles. The van der Waals surface area contributed by atoms with E-state index in [-0.39, 0.29) is 63.9 Å². The predicted molar refractivity (Wildman–Crippen MR) is 72.7 cm³/mol. The Balaban J connectivity index is 0.00000400. The molecule has 9 heteroatoms. The van der Waals surface area contributed by atoms with E-state index < -0.39 is 18.9 Å². The van der Waals surface area contributed by atoms with E-state index in [9.17, 15) is 17.7 Å². The molecule has 1 aliphatic rings. The SMILES string of the molecule is CC(C)(C)OC(=O)N1CCN(CCC[B-](F)(F)F)CC1.[K+]. The number of hydrogen-bond acceptors (Lipinski definition) is 3. The van der Waals surface area contributed by atoms with Gasteiger partial charge in [0, 0.05) is 26.2 Å². The van der Waals surface area contributed by atoms with Gasteiger partial charge in [-0.2, -0.15) is 0 Å². The van der Waals surface area contributed by atoms with Crippen molar-refractivity contribution < 1.29 is 73.9 Å². The minimum absolute atomic E-state index is 0. The van der Waals surface area contributed by atoms with Crippen LogP contribution >= 0.6 is 0 Å². The van der Waals surface area contributed by atoms with Crippen molar-refractivity contribution >= 4 is 13.1 Å². The quantitative estimate of drug-likeness (QED) is 0.667. The second-order valence-corrected chi connectivity index (χ2v) is 6.16. The molecule has 0 radical (unpaired) electrons. The Bertz CT molecular complexity index is 329. The Morgan fingerprint density at radius 3 is 2.10 bits per heavy atom. The molecule has 0 N–H and O–H groups in total. The van der Waals surface area contributed by atoms with Crippen LogP contribution in [0.3, 0.4) is 0 Å². The molecule has 0 aromatic rings. The van der Waals surface area contributed by atoms with E-state index in [2.05, 4.69) is 0 Å². The standard InChI is InChI=1S/C12H23BF3N2O2.K/c1-12(2,3)20-11(19)18-9-7-17(8-10-18)6-4-5-13(14,15)16;/h4-10H2,1-3H3;/q-1;+1. The third-order valence-corrected chi connectivity index (χ3v) is 3.03. The van der Waals surface area contributed by atoms with Crippen molar-refractivity contribution in [2.75, 3.05) is 32.7 Å². The van der Waals surface area contributed by atoms with Crippen molar-refractivity contribution in [3.05, 3.63) is 0 Å². The topological polar surface area (TPSA) is 32.8 Å². The molecule has 0 aliphatic carbocycles. The first-order chi connectivity index (χ1) is 9.07. The van der Waals surface area contributed by atoms with Crippen LogP contribution in [0, 0.1) is 0 Å². The smallest absolute Gasteiger partial charge is 0.449 e. The number of ether oxygens (including phenoxy) is 1. The summed E-state index contributed by atoms with van der Waals surface area (Å²) in [6.07, 6.45) is -0.904. The molecule has 0 aromatic heterocycles. The molecule has 0 aromatic carbocycles. The summed E-state index contributed by atoms with van der Waals surface area (Å²) in [5.41, 5.74) is -0.525. The Hall–Kier alpha value is 0.721. The van der Waals surface area contributed by atoms with Crippen molar-refractivity contribution in [1.29, 1.82) is 0 Å². The molecule has 1 amide bonds. The maximum Gasteiger partial charge on any atom is 1.00 e. The van der Waals surface area contributed by atoms with Crippen LogP contribution in [0.25, 0.3) is 0 Å². The fourth-order valence-electron chi connectivity index (χ4n) is 2.03. The number of piperazine rings is 1. The minimum Gasteiger partial charge on any atom is -0.449 e. The molecule has 0 spiro atoms. The van der Waals surface area contributed by atoms with E-state index in [0.29, 0.717) is 32.7 Å². The Kier molecular flexibility index (Phi) is 9.44. The number of carbonyl (C=O) groups excluding carboxylic acids is 1. The summed E-state index contributed by atoms with van der Waals surface area (Å²) in [6, 6.07) is 0. The van der Waals surface area contributed by atoms with Gasteiger partial charge in [-0.25, -0.2) is 4.79 Å². The summed E-state index contributed by atoms with van der Waals surface area (Å²) >= 11 is 0. The molecule has 1 heterocycles. The first-order valence-corrected chi connectivity index (χ1v) is 6.98. The zero-order valence-corrected chi connectivity index (χ0v) is 16.5. The normalized spacial score (nSPS) is 17.3. The third kappa shape index (κ3) is 10.2. The van der Waals surface area contributed by atoms with Crippen LogP contribution in [0.15, 0.2) is 0 Å². The zero-order chi connectivity index (χ0) is 15.4. The van der Waals surface area contributed by atoms with E-state index in [1.165, 1.54) is 0 Å². The van der Waals surface area contributed by atoms with Gasteiger partial charge >= 0.3 is 64.5 Å². The molecule has 1 saturated heterocycles. The average molecular weight is 334 g/mol. The summed E-state index contributed by atoms with van der Waals surface area (Å²) in [5, 5.41) is 0. The van der Waals surface area contributed by atoms with Gasteiger partial charge < -0.3 is 22.6 Å². The first kappa shape index (κ1) is 21.7. The maximum absolute atomic E-state index is 12.1. The second kappa shape index (κ2) is 9.12. The maximum atomic E-state index is 12.1. The third-order valence-electron chi connectivity index (χ3n) is 3.03. The molecule has 1 aliphatic heterocycles. The molecule has 118 valence electrons. The van der Waals surface area contributed by atoms with Crippen molar-refractivity contribution in [3.63, 3.8) is 0 Å². The van der Waals surface area contributed by atoms with Crippen LogP contribution in [0.4, 0.5) is 17.7 Å². The fourth-order valence-corrected chi connectivity index (χ4v) is 2.03. The molecule has 0 atom stereocenters. The van der Waals surface area contributed by atoms with Crippen LogP contribution in [-0.2, 0) is 4.74 Å². The Morgan fingerprint density at radius 2 is 1.67 bits per heavy atom. The van der Waals surface area contributed by atoms with Crippen LogP contribution in [0.5, 0.6) is 0 Å². The van der Waals surface area contributed by atoms with Crippen LogP contribution in [0.1, 0.15) is 27.2 Å². The summed E-state index contributed by atoms with van der Waals surface area (Å²) in [6.45, 7) is 3.38. The number of carbonyl (C=O) groups is 1. The van der Waals surface area contributed by atoms with Crippen LogP contribution < -0.4 is 51.4 Å². The minimum atomic E-state index is -4.68. The van der Waals surface area contributed by atoms with Gasteiger partial charge in [0.1, 0.15) is 5.60 Å². The van der Waals surface area contributed by atoms with Crippen LogP contribution in [0.2, 0.25) is 6.32 Å². The van der Waals surface area contributed by atoms with E-state index in [1.807, 2.05) is 4.90 Å². The predicted octanol–water partition coefficient (Wildman–Crippen LogP) is -0.219. The van der Waals surface area contributed by atoms with Crippen LogP contribution in [-0.4, -0.2) is 61.2 Å². The van der Waals surface area contributed by atoms with E-state index >= 15 is 0 Å². The zero-order valence-electron chi connectivity index (χ0n) is 13.4. The van der Waals surface area contributed by atoms with Crippen molar-refractivity contribution in [2.45, 2.75) is 39.1 Å². The Morgan fingerprint density at radius 1 is 1.14 bits per heavy atom. The van der Waals surface area contributed by atoms with Gasteiger partial charge in [0.25, 0.3) is 0 Å². The Labute approximate surface area is 167 Å². The van der Waals surface area contributed by atoms with E-state index in [4.69, 9.17) is 4.74 Å². The number of nitrogens with zero attached hydrogens (tertiary/aromatic N) is 2. The summed E-state index contributed by atoms with van der Waals surface area (Å²) in [5.74, 6) is 0. The van der Waals surface area contributed by atoms with Gasteiger partial charge in [0.2, 0.25) is 0 Å². The van der Waals surface area contributed by atoms with Gasteiger partial charge in [0.15, 0.2) is 0 Å². The first-order valence-electron chi connectivity index (χ1n) is 6.98. The monoisotopic (exact) mass is 334 g/mol. The van der Waals surface area contributed by atoms with Gasteiger partial charge in [0.05, 0.1) is 0 Å². The largest absolute Gasteiger partial charge is 1.00 e. The van der Waals surface area contributed by atoms with Gasteiger partial charge in [-0.3, -0.25) is 4.90 Å². The van der Waals surface area contributed by atoms with E-state index in [1.54, 1.807) is 25.7 Å². The number of amides is 1. The molecule has 4 nitrogen and oxygen atoms in total. The molecule has 21 heavy (non-hydrogen) atoms. The molecule has 1 rings (SSSR count). The number of hydrogen-bond donors (Lipinski definition) is 0. The van der Waals surface area contributed by atoms with E-state index in [0.717, 1.165) is 0 Å². The molecule has 1 fully saturated rings. The molecule has 0 unspecified atom stereocenters. The van der Waals surface area contributed by atoms with Gasteiger partial charge in [-0.15, -0.1) is 0 Å². The summed E-state index contributed by atoms with van der Waals surface area (Å²) in [4.78, 5) is 15.4.